The van der Waals surface area contributed by atoms with Crippen molar-refractivity contribution < 1.29 is 5.11 Å². The van der Waals surface area contributed by atoms with E-state index in [4.69, 9.17) is 0 Å². The molecule has 3 N–H and O–H groups in total. The molecule has 25 heavy (non-hydrogen) atoms. The summed E-state index contributed by atoms with van der Waals surface area (Å²) in [6.07, 6.45) is 2.57. The Bertz CT molecular complexity index is 826. The van der Waals surface area contributed by atoms with Gasteiger partial charge in [0.2, 0.25) is 5.95 Å². The fourth-order valence-corrected chi connectivity index (χ4v) is 2.56. The Hall–Kier alpha value is -2.67. The Labute approximate surface area is 147 Å². The van der Waals surface area contributed by atoms with Crippen molar-refractivity contribution in [1.29, 1.82) is 0 Å². The predicted molar refractivity (Wildman–Crippen MR) is 100 cm³/mol. The van der Waals surface area contributed by atoms with Crippen LogP contribution in [-0.4, -0.2) is 37.3 Å². The smallest absolute Gasteiger partial charge is 0.227 e. The van der Waals surface area contributed by atoms with Crippen LogP contribution in [0.1, 0.15) is 33.2 Å². The van der Waals surface area contributed by atoms with Crippen LogP contribution >= 0.6 is 0 Å². The molecule has 0 radical (unpaired) electrons. The van der Waals surface area contributed by atoms with E-state index in [0.717, 1.165) is 23.3 Å². The highest BCUT2D eigenvalue weighted by Gasteiger charge is 2.16. The monoisotopic (exact) mass is 340 g/mol. The molecule has 0 spiro atoms. The minimum atomic E-state index is -0.0857. The molecule has 3 aromatic rings. The van der Waals surface area contributed by atoms with Gasteiger partial charge < -0.3 is 20.3 Å². The maximum atomic E-state index is 9.46. The lowest BCUT2D eigenvalue weighted by Crippen LogP contribution is -2.24. The number of aliphatic hydroxyl groups is 1. The highest BCUT2D eigenvalue weighted by atomic mass is 16.3. The lowest BCUT2D eigenvalue weighted by atomic mass is 10.2. The van der Waals surface area contributed by atoms with Crippen LogP contribution in [-0.2, 0) is 0 Å². The number of aliphatic hydroxyl groups excluding tert-OH is 1. The van der Waals surface area contributed by atoms with Gasteiger partial charge in [-0.1, -0.05) is 25.1 Å². The molecule has 0 saturated heterocycles. The summed E-state index contributed by atoms with van der Waals surface area (Å²) in [5.74, 6) is 1.13. The molecule has 3 rings (SSSR count). The third kappa shape index (κ3) is 3.71. The average Bonchev–Trinajstić information content (AvgIpc) is 3.05. The zero-order valence-corrected chi connectivity index (χ0v) is 14.8. The van der Waals surface area contributed by atoms with Crippen molar-refractivity contribution in [3.8, 4) is 0 Å². The zero-order valence-electron chi connectivity index (χ0n) is 14.8. The molecule has 0 aliphatic heterocycles. The van der Waals surface area contributed by atoms with Crippen LogP contribution in [0.2, 0.25) is 0 Å². The second kappa shape index (κ2) is 7.48. The first-order chi connectivity index (χ1) is 12.1. The van der Waals surface area contributed by atoms with Gasteiger partial charge >= 0.3 is 0 Å². The fourth-order valence-electron chi connectivity index (χ4n) is 2.56. The van der Waals surface area contributed by atoms with Crippen molar-refractivity contribution in [1.82, 2.24) is 19.5 Å². The van der Waals surface area contributed by atoms with Gasteiger partial charge in [0.25, 0.3) is 0 Å². The van der Waals surface area contributed by atoms with Crippen LogP contribution in [0.3, 0.4) is 0 Å². The topological polar surface area (TPSA) is 87.9 Å². The molecule has 0 saturated carbocycles. The summed E-state index contributed by atoms with van der Waals surface area (Å²) in [7, 11) is 0. The second-order valence-electron chi connectivity index (χ2n) is 6.24. The van der Waals surface area contributed by atoms with Gasteiger partial charge in [-0.05, 0) is 32.4 Å². The SMILES string of the molecule is CC[C@H](CO)Nc1nc(Nc2ccccc2)c2ncn(C(C)C)c2n1. The van der Waals surface area contributed by atoms with Gasteiger partial charge in [0.05, 0.1) is 19.0 Å². The maximum Gasteiger partial charge on any atom is 0.227 e. The third-order valence-electron chi connectivity index (χ3n) is 4.06. The van der Waals surface area contributed by atoms with E-state index < -0.39 is 0 Å². The van der Waals surface area contributed by atoms with Crippen LogP contribution in [0.4, 0.5) is 17.5 Å². The second-order valence-corrected chi connectivity index (χ2v) is 6.24. The number of benzene rings is 1. The first-order valence-electron chi connectivity index (χ1n) is 8.56. The normalized spacial score (nSPS) is 12.5. The Morgan fingerprint density at radius 1 is 1.16 bits per heavy atom. The van der Waals surface area contributed by atoms with E-state index in [1.54, 1.807) is 6.33 Å². The van der Waals surface area contributed by atoms with Crippen molar-refractivity contribution in [3.63, 3.8) is 0 Å². The standard InChI is InChI=1S/C18H24N6O/c1-4-13(10-25)21-18-22-16(20-14-8-6-5-7-9-14)15-17(23-18)24(11-19-15)12(2)3/h5-9,11-13,25H,4,10H2,1-3H3,(H2,20,21,22,23)/t13-/m1/s1. The van der Waals surface area contributed by atoms with E-state index in [9.17, 15) is 5.11 Å². The number of anilines is 3. The van der Waals surface area contributed by atoms with Gasteiger partial charge in [-0.3, -0.25) is 0 Å². The number of rotatable bonds is 7. The molecule has 0 fully saturated rings. The number of para-hydroxylation sites is 1. The highest BCUT2D eigenvalue weighted by molar-refractivity contribution is 5.86. The zero-order chi connectivity index (χ0) is 17.8. The molecule has 7 nitrogen and oxygen atoms in total. The Balaban J connectivity index is 2.06. The number of nitrogens with zero attached hydrogens (tertiary/aromatic N) is 4. The minimum absolute atomic E-state index is 0.0305. The average molecular weight is 340 g/mol. The first-order valence-corrected chi connectivity index (χ1v) is 8.56. The van der Waals surface area contributed by atoms with Gasteiger partial charge in [0, 0.05) is 11.7 Å². The molecule has 2 aromatic heterocycles. The van der Waals surface area contributed by atoms with E-state index in [1.165, 1.54) is 0 Å². The molecule has 132 valence electrons. The molecular weight excluding hydrogens is 316 g/mol. The Morgan fingerprint density at radius 3 is 2.56 bits per heavy atom. The predicted octanol–water partition coefficient (Wildman–Crippen LogP) is 3.33. The number of hydrogen-bond donors (Lipinski definition) is 3. The van der Waals surface area contributed by atoms with Gasteiger partial charge in [-0.2, -0.15) is 9.97 Å². The van der Waals surface area contributed by atoms with Gasteiger partial charge in [0.1, 0.15) is 0 Å². The summed E-state index contributed by atoms with van der Waals surface area (Å²) in [6, 6.07) is 9.99. The van der Waals surface area contributed by atoms with E-state index >= 15 is 0 Å². The van der Waals surface area contributed by atoms with Crippen molar-refractivity contribution in [2.45, 2.75) is 39.3 Å². The maximum absolute atomic E-state index is 9.46. The number of nitrogens with one attached hydrogen (secondary N) is 2. The Kier molecular flexibility index (Phi) is 5.14. The van der Waals surface area contributed by atoms with Crippen LogP contribution in [0.25, 0.3) is 11.2 Å². The number of aromatic nitrogens is 4. The summed E-state index contributed by atoms with van der Waals surface area (Å²) in [6.45, 7) is 6.21. The van der Waals surface area contributed by atoms with Crippen molar-refractivity contribution in [2.24, 2.45) is 0 Å². The lowest BCUT2D eigenvalue weighted by Gasteiger charge is -2.16. The minimum Gasteiger partial charge on any atom is -0.394 e. The highest BCUT2D eigenvalue weighted by Crippen LogP contribution is 2.26. The Morgan fingerprint density at radius 2 is 1.92 bits per heavy atom. The molecule has 0 unspecified atom stereocenters. The molecule has 2 heterocycles. The lowest BCUT2D eigenvalue weighted by molar-refractivity contribution is 0.271. The molecular formula is C18H24N6O. The molecule has 1 atom stereocenters. The molecule has 0 aliphatic rings. The van der Waals surface area contributed by atoms with Gasteiger partial charge in [0.15, 0.2) is 17.0 Å². The van der Waals surface area contributed by atoms with Crippen LogP contribution < -0.4 is 10.6 Å². The summed E-state index contributed by atoms with van der Waals surface area (Å²) in [5.41, 5.74) is 2.42. The summed E-state index contributed by atoms with van der Waals surface area (Å²) < 4.78 is 2.01. The van der Waals surface area contributed by atoms with E-state index in [2.05, 4.69) is 39.4 Å². The number of hydrogen-bond acceptors (Lipinski definition) is 6. The molecule has 0 aliphatic carbocycles. The van der Waals surface area contributed by atoms with E-state index in [-0.39, 0.29) is 18.7 Å². The van der Waals surface area contributed by atoms with E-state index in [0.29, 0.717) is 11.8 Å². The van der Waals surface area contributed by atoms with Gasteiger partial charge in [-0.15, -0.1) is 0 Å². The molecule has 7 heteroatoms. The summed E-state index contributed by atoms with van der Waals surface area (Å²) in [5, 5.41) is 16.0. The summed E-state index contributed by atoms with van der Waals surface area (Å²) in [4.78, 5) is 13.7. The fraction of sp³-hybridized carbons (Fsp3) is 0.389. The molecule has 0 bridgehead atoms. The van der Waals surface area contributed by atoms with Crippen molar-refractivity contribution in [2.75, 3.05) is 17.2 Å². The van der Waals surface area contributed by atoms with Crippen molar-refractivity contribution in [3.05, 3.63) is 36.7 Å². The molecule has 1 aromatic carbocycles. The largest absolute Gasteiger partial charge is 0.394 e. The van der Waals surface area contributed by atoms with Crippen molar-refractivity contribution >= 4 is 28.6 Å². The quantitative estimate of drug-likeness (QED) is 0.611. The van der Waals surface area contributed by atoms with Gasteiger partial charge in [-0.25, -0.2) is 4.98 Å². The summed E-state index contributed by atoms with van der Waals surface area (Å²) >= 11 is 0. The number of imidazole rings is 1. The van der Waals surface area contributed by atoms with Crippen LogP contribution in [0, 0.1) is 0 Å². The third-order valence-corrected chi connectivity index (χ3v) is 4.06. The van der Waals surface area contributed by atoms with E-state index in [1.807, 2.05) is 41.8 Å². The van der Waals surface area contributed by atoms with Crippen LogP contribution in [0.15, 0.2) is 36.7 Å². The molecule has 0 amide bonds. The first kappa shape index (κ1) is 17.2. The van der Waals surface area contributed by atoms with Crippen LogP contribution in [0.5, 0.6) is 0 Å². The number of fused-ring (bicyclic) bond motifs is 1.